The van der Waals surface area contributed by atoms with Gasteiger partial charge in [0, 0.05) is 24.8 Å². The number of nitrogens with two attached hydrogens (primary N) is 1. The second-order valence-corrected chi connectivity index (χ2v) is 4.22. The minimum absolute atomic E-state index is 0.0317. The van der Waals surface area contributed by atoms with Gasteiger partial charge in [0.05, 0.1) is 7.11 Å². The fraction of sp³-hybridized carbons (Fsp3) is 0.571. The lowest BCUT2D eigenvalue weighted by molar-refractivity contribution is 0.139. The maximum atomic E-state index is 6.17. The van der Waals surface area contributed by atoms with Gasteiger partial charge in [-0.1, -0.05) is 12.1 Å². The molecule has 1 aromatic carbocycles. The second kappa shape index (κ2) is 6.62. The quantitative estimate of drug-likeness (QED) is 0.774. The third kappa shape index (κ3) is 3.45. The molecule has 0 bridgehead atoms. The van der Waals surface area contributed by atoms with Crippen LogP contribution in [0.5, 0.6) is 5.75 Å². The van der Waals surface area contributed by atoms with E-state index >= 15 is 0 Å². The summed E-state index contributed by atoms with van der Waals surface area (Å²) in [5.41, 5.74) is 9.62. The summed E-state index contributed by atoms with van der Waals surface area (Å²) in [5.74, 6) is 0.911. The average Bonchev–Trinajstić information content (AvgIpc) is 2.32. The van der Waals surface area contributed by atoms with Crippen molar-refractivity contribution in [3.8, 4) is 5.75 Å². The molecule has 0 spiro atoms. The monoisotopic (exact) mass is 237 g/mol. The standard InChI is InChI=1S/C14H23NO2/c1-5-17-9-8-13(15)12-7-6-10(2)11(3)14(12)16-4/h6-7,13H,5,8-9,15H2,1-4H3. The highest BCUT2D eigenvalue weighted by atomic mass is 16.5. The van der Waals surface area contributed by atoms with Crippen LogP contribution in [0.3, 0.4) is 0 Å². The normalized spacial score (nSPS) is 12.5. The summed E-state index contributed by atoms with van der Waals surface area (Å²) < 4.78 is 10.8. The van der Waals surface area contributed by atoms with Gasteiger partial charge in [0.2, 0.25) is 0 Å². The van der Waals surface area contributed by atoms with Gasteiger partial charge in [-0.3, -0.25) is 0 Å². The first-order valence-corrected chi connectivity index (χ1v) is 6.09. The number of benzene rings is 1. The van der Waals surface area contributed by atoms with Gasteiger partial charge in [-0.05, 0) is 38.3 Å². The van der Waals surface area contributed by atoms with Gasteiger partial charge in [0.15, 0.2) is 0 Å². The van der Waals surface area contributed by atoms with Crippen LogP contribution in [-0.4, -0.2) is 20.3 Å². The maximum Gasteiger partial charge on any atom is 0.126 e. The Hall–Kier alpha value is -1.06. The van der Waals surface area contributed by atoms with Crippen molar-refractivity contribution in [2.45, 2.75) is 33.2 Å². The highest BCUT2D eigenvalue weighted by Gasteiger charge is 2.14. The molecule has 1 aromatic rings. The van der Waals surface area contributed by atoms with Crippen LogP contribution in [-0.2, 0) is 4.74 Å². The van der Waals surface area contributed by atoms with Crippen LogP contribution >= 0.6 is 0 Å². The van der Waals surface area contributed by atoms with Crippen molar-refractivity contribution in [2.75, 3.05) is 20.3 Å². The van der Waals surface area contributed by atoms with Gasteiger partial charge < -0.3 is 15.2 Å². The molecule has 0 heterocycles. The van der Waals surface area contributed by atoms with Crippen molar-refractivity contribution in [3.63, 3.8) is 0 Å². The van der Waals surface area contributed by atoms with E-state index < -0.39 is 0 Å². The molecule has 0 aromatic heterocycles. The van der Waals surface area contributed by atoms with E-state index in [0.717, 1.165) is 29.9 Å². The molecule has 96 valence electrons. The van der Waals surface area contributed by atoms with Gasteiger partial charge >= 0.3 is 0 Å². The zero-order valence-corrected chi connectivity index (χ0v) is 11.2. The van der Waals surface area contributed by atoms with E-state index in [4.69, 9.17) is 15.2 Å². The molecule has 0 saturated carbocycles. The molecular formula is C14H23NO2. The molecule has 3 nitrogen and oxygen atoms in total. The lowest BCUT2D eigenvalue weighted by atomic mass is 9.98. The molecule has 1 rings (SSSR count). The predicted octanol–water partition coefficient (Wildman–Crippen LogP) is 2.74. The Balaban J connectivity index is 2.85. The van der Waals surface area contributed by atoms with E-state index in [9.17, 15) is 0 Å². The molecule has 1 atom stereocenters. The molecule has 0 saturated heterocycles. The number of methoxy groups -OCH3 is 1. The SMILES string of the molecule is CCOCCC(N)c1ccc(C)c(C)c1OC. The van der Waals surface area contributed by atoms with Crippen LogP contribution in [0.1, 0.15) is 36.1 Å². The lowest BCUT2D eigenvalue weighted by Gasteiger charge is -2.18. The van der Waals surface area contributed by atoms with Gasteiger partial charge in [-0.2, -0.15) is 0 Å². The molecule has 0 aliphatic rings. The minimum atomic E-state index is -0.0317. The van der Waals surface area contributed by atoms with Gasteiger partial charge in [-0.25, -0.2) is 0 Å². The molecule has 0 fully saturated rings. The summed E-state index contributed by atoms with van der Waals surface area (Å²) in [6.45, 7) is 7.55. The molecular weight excluding hydrogens is 214 g/mol. The fourth-order valence-corrected chi connectivity index (χ4v) is 1.88. The smallest absolute Gasteiger partial charge is 0.126 e. The summed E-state index contributed by atoms with van der Waals surface area (Å²) in [5, 5.41) is 0. The van der Waals surface area contributed by atoms with Gasteiger partial charge in [-0.15, -0.1) is 0 Å². The summed E-state index contributed by atoms with van der Waals surface area (Å²) >= 11 is 0. The van der Waals surface area contributed by atoms with E-state index in [1.165, 1.54) is 5.56 Å². The van der Waals surface area contributed by atoms with Gasteiger partial charge in [0.25, 0.3) is 0 Å². The summed E-state index contributed by atoms with van der Waals surface area (Å²) in [4.78, 5) is 0. The number of aryl methyl sites for hydroxylation is 1. The van der Waals surface area contributed by atoms with E-state index in [2.05, 4.69) is 26.0 Å². The predicted molar refractivity (Wildman–Crippen MR) is 70.5 cm³/mol. The van der Waals surface area contributed by atoms with Crippen molar-refractivity contribution in [3.05, 3.63) is 28.8 Å². The first-order chi connectivity index (χ1) is 8.11. The largest absolute Gasteiger partial charge is 0.496 e. The van der Waals surface area contributed by atoms with Crippen LogP contribution in [0.25, 0.3) is 0 Å². The third-order valence-corrected chi connectivity index (χ3v) is 3.09. The van der Waals surface area contributed by atoms with Crippen molar-refractivity contribution in [1.82, 2.24) is 0 Å². The number of hydrogen-bond acceptors (Lipinski definition) is 3. The van der Waals surface area contributed by atoms with Crippen LogP contribution < -0.4 is 10.5 Å². The minimum Gasteiger partial charge on any atom is -0.496 e. The molecule has 0 aliphatic heterocycles. The average molecular weight is 237 g/mol. The van der Waals surface area contributed by atoms with Crippen molar-refractivity contribution in [2.24, 2.45) is 5.73 Å². The van der Waals surface area contributed by atoms with Crippen LogP contribution in [0.2, 0.25) is 0 Å². The van der Waals surface area contributed by atoms with Crippen molar-refractivity contribution >= 4 is 0 Å². The zero-order valence-electron chi connectivity index (χ0n) is 11.2. The molecule has 3 heteroatoms. The molecule has 17 heavy (non-hydrogen) atoms. The topological polar surface area (TPSA) is 44.5 Å². The first kappa shape index (κ1) is 14.0. The Kier molecular flexibility index (Phi) is 5.45. The van der Waals surface area contributed by atoms with Crippen LogP contribution in [0.4, 0.5) is 0 Å². The van der Waals surface area contributed by atoms with Gasteiger partial charge in [0.1, 0.15) is 5.75 Å². The second-order valence-electron chi connectivity index (χ2n) is 4.22. The number of ether oxygens (including phenoxy) is 2. The Morgan fingerprint density at radius 3 is 2.59 bits per heavy atom. The number of rotatable bonds is 6. The molecule has 0 aliphatic carbocycles. The summed E-state index contributed by atoms with van der Waals surface area (Å²) in [6, 6.07) is 4.11. The lowest BCUT2D eigenvalue weighted by Crippen LogP contribution is -2.15. The van der Waals surface area contributed by atoms with E-state index in [-0.39, 0.29) is 6.04 Å². The van der Waals surface area contributed by atoms with Crippen molar-refractivity contribution in [1.29, 1.82) is 0 Å². The Bertz CT molecular complexity index is 363. The van der Waals surface area contributed by atoms with Crippen LogP contribution in [0, 0.1) is 13.8 Å². The first-order valence-electron chi connectivity index (χ1n) is 6.09. The highest BCUT2D eigenvalue weighted by molar-refractivity contribution is 5.46. The Morgan fingerprint density at radius 2 is 2.00 bits per heavy atom. The summed E-state index contributed by atoms with van der Waals surface area (Å²) in [7, 11) is 1.69. The maximum absolute atomic E-state index is 6.17. The third-order valence-electron chi connectivity index (χ3n) is 3.09. The van der Waals surface area contributed by atoms with Crippen LogP contribution in [0.15, 0.2) is 12.1 Å². The zero-order chi connectivity index (χ0) is 12.8. The summed E-state index contributed by atoms with van der Waals surface area (Å²) in [6.07, 6.45) is 0.812. The molecule has 1 unspecified atom stereocenters. The fourth-order valence-electron chi connectivity index (χ4n) is 1.88. The van der Waals surface area contributed by atoms with E-state index in [0.29, 0.717) is 6.61 Å². The molecule has 0 radical (unpaired) electrons. The van der Waals surface area contributed by atoms with E-state index in [1.54, 1.807) is 7.11 Å². The molecule has 2 N–H and O–H groups in total. The Labute approximate surface area is 104 Å². The molecule has 0 amide bonds. The van der Waals surface area contributed by atoms with Crippen molar-refractivity contribution < 1.29 is 9.47 Å². The Morgan fingerprint density at radius 1 is 1.29 bits per heavy atom. The number of hydrogen-bond donors (Lipinski definition) is 1. The highest BCUT2D eigenvalue weighted by Crippen LogP contribution is 2.31. The van der Waals surface area contributed by atoms with E-state index in [1.807, 2.05) is 6.92 Å².